The highest BCUT2D eigenvalue weighted by atomic mass is 32.1. The van der Waals surface area contributed by atoms with Crippen molar-refractivity contribution in [3.63, 3.8) is 0 Å². The monoisotopic (exact) mass is 374 g/mol. The van der Waals surface area contributed by atoms with E-state index < -0.39 is 0 Å². The van der Waals surface area contributed by atoms with E-state index in [1.165, 1.54) is 21.1 Å². The summed E-state index contributed by atoms with van der Waals surface area (Å²) in [5, 5.41) is 7.88. The van der Waals surface area contributed by atoms with Gasteiger partial charge in [-0.1, -0.05) is 19.1 Å². The molecule has 2 aromatic rings. The van der Waals surface area contributed by atoms with Crippen molar-refractivity contribution < 1.29 is 4.74 Å². The van der Waals surface area contributed by atoms with E-state index in [0.717, 1.165) is 50.6 Å². The van der Waals surface area contributed by atoms with Crippen LogP contribution in [0.1, 0.15) is 35.0 Å². The number of nitrogens with zero attached hydrogens (tertiary/aromatic N) is 2. The summed E-state index contributed by atoms with van der Waals surface area (Å²) >= 11 is 1.79. The fourth-order valence-electron chi connectivity index (χ4n) is 2.65. The first-order valence-electron chi connectivity index (χ1n) is 9.26. The maximum absolute atomic E-state index is 5.19. The molecule has 0 bridgehead atoms. The van der Waals surface area contributed by atoms with E-state index in [1.54, 1.807) is 18.4 Å². The van der Waals surface area contributed by atoms with Crippen LogP contribution in [0.2, 0.25) is 0 Å². The van der Waals surface area contributed by atoms with Crippen molar-refractivity contribution in [1.29, 1.82) is 0 Å². The molecule has 142 valence electrons. The van der Waals surface area contributed by atoms with E-state index >= 15 is 0 Å². The molecule has 0 aliphatic rings. The Balaban J connectivity index is 1.81. The molecule has 26 heavy (non-hydrogen) atoms. The molecule has 1 aromatic carbocycles. The number of hydrogen-bond donors (Lipinski definition) is 2. The number of rotatable bonds is 9. The molecule has 0 aliphatic carbocycles. The van der Waals surface area contributed by atoms with E-state index in [2.05, 4.69) is 53.5 Å². The highest BCUT2D eigenvalue weighted by Crippen LogP contribution is 2.18. The van der Waals surface area contributed by atoms with Gasteiger partial charge in [0.1, 0.15) is 5.75 Å². The zero-order valence-electron chi connectivity index (χ0n) is 16.3. The predicted molar refractivity (Wildman–Crippen MR) is 111 cm³/mol. The van der Waals surface area contributed by atoms with Gasteiger partial charge in [0.05, 0.1) is 17.8 Å². The van der Waals surface area contributed by atoms with Crippen molar-refractivity contribution in [1.82, 2.24) is 15.6 Å². The minimum absolute atomic E-state index is 0.744. The molecule has 0 saturated carbocycles. The van der Waals surface area contributed by atoms with Gasteiger partial charge in [0.25, 0.3) is 0 Å². The number of hydrogen-bond acceptors (Lipinski definition) is 4. The van der Waals surface area contributed by atoms with Crippen LogP contribution >= 0.6 is 11.3 Å². The number of nitrogens with one attached hydrogen (secondary N) is 2. The van der Waals surface area contributed by atoms with Crippen LogP contribution in [-0.4, -0.2) is 37.7 Å². The number of aromatic nitrogens is 1. The average Bonchev–Trinajstić information content (AvgIpc) is 3.02. The van der Waals surface area contributed by atoms with Gasteiger partial charge in [-0.2, -0.15) is 0 Å². The van der Waals surface area contributed by atoms with Gasteiger partial charge in [-0.3, -0.25) is 4.99 Å². The molecule has 1 heterocycles. The maximum atomic E-state index is 5.19. The van der Waals surface area contributed by atoms with Crippen LogP contribution in [0.25, 0.3) is 0 Å². The molecule has 6 heteroatoms. The average molecular weight is 375 g/mol. The van der Waals surface area contributed by atoms with Gasteiger partial charge in [-0.15, -0.1) is 11.3 Å². The molecule has 2 N–H and O–H groups in total. The van der Waals surface area contributed by atoms with Crippen molar-refractivity contribution in [2.24, 2.45) is 4.99 Å². The predicted octanol–water partition coefficient (Wildman–Crippen LogP) is 3.36. The smallest absolute Gasteiger partial charge is 0.191 e. The highest BCUT2D eigenvalue weighted by Gasteiger charge is 2.05. The number of ether oxygens (including phenoxy) is 1. The molecule has 0 atom stereocenters. The molecule has 5 nitrogen and oxygen atoms in total. The van der Waals surface area contributed by atoms with E-state index in [4.69, 9.17) is 4.74 Å². The summed E-state index contributed by atoms with van der Waals surface area (Å²) in [6.45, 7) is 8.82. The second-order valence-corrected chi connectivity index (χ2v) is 7.29. The van der Waals surface area contributed by atoms with E-state index in [9.17, 15) is 0 Å². The SMILES string of the molecule is CCNC(=NCCc1nc(CC)c(C)s1)NCCc1ccc(OC)cc1. The number of aliphatic imine (C=N–C) groups is 1. The summed E-state index contributed by atoms with van der Waals surface area (Å²) in [4.78, 5) is 10.7. The second kappa shape index (κ2) is 10.8. The van der Waals surface area contributed by atoms with Gasteiger partial charge in [0, 0.05) is 30.9 Å². The third kappa shape index (κ3) is 6.33. The Morgan fingerprint density at radius 2 is 1.92 bits per heavy atom. The van der Waals surface area contributed by atoms with Crippen molar-refractivity contribution in [3.8, 4) is 5.75 Å². The Morgan fingerprint density at radius 1 is 1.15 bits per heavy atom. The third-order valence-corrected chi connectivity index (χ3v) is 5.15. The zero-order chi connectivity index (χ0) is 18.8. The van der Waals surface area contributed by atoms with Crippen molar-refractivity contribution >= 4 is 17.3 Å². The summed E-state index contributed by atoms with van der Waals surface area (Å²) in [6.07, 6.45) is 2.83. The Bertz CT molecular complexity index is 694. The number of methoxy groups -OCH3 is 1. The van der Waals surface area contributed by atoms with Crippen LogP contribution in [0, 0.1) is 6.92 Å². The second-order valence-electron chi connectivity index (χ2n) is 6.00. The maximum Gasteiger partial charge on any atom is 0.191 e. The number of aryl methyl sites for hydroxylation is 2. The topological polar surface area (TPSA) is 58.5 Å². The van der Waals surface area contributed by atoms with Gasteiger partial charge in [-0.05, 0) is 44.4 Å². The van der Waals surface area contributed by atoms with Gasteiger partial charge >= 0.3 is 0 Å². The molecule has 0 unspecified atom stereocenters. The van der Waals surface area contributed by atoms with Crippen molar-refractivity contribution in [2.75, 3.05) is 26.7 Å². The summed E-state index contributed by atoms with van der Waals surface area (Å²) in [5.41, 5.74) is 2.50. The van der Waals surface area contributed by atoms with Crippen LogP contribution < -0.4 is 15.4 Å². The molecule has 0 spiro atoms. The van der Waals surface area contributed by atoms with E-state index in [0.29, 0.717) is 0 Å². The molecule has 0 amide bonds. The van der Waals surface area contributed by atoms with Crippen molar-refractivity contribution in [3.05, 3.63) is 45.4 Å². The summed E-state index contributed by atoms with van der Waals surface area (Å²) in [5.74, 6) is 1.75. The Morgan fingerprint density at radius 3 is 2.54 bits per heavy atom. The lowest BCUT2D eigenvalue weighted by Crippen LogP contribution is -2.38. The normalized spacial score (nSPS) is 11.5. The molecule has 0 saturated heterocycles. The number of benzene rings is 1. The van der Waals surface area contributed by atoms with Gasteiger partial charge in [-0.25, -0.2) is 4.98 Å². The Labute approximate surface area is 160 Å². The summed E-state index contributed by atoms with van der Waals surface area (Å²) in [6, 6.07) is 8.19. The number of thiazole rings is 1. The van der Waals surface area contributed by atoms with E-state index in [-0.39, 0.29) is 0 Å². The largest absolute Gasteiger partial charge is 0.497 e. The van der Waals surface area contributed by atoms with E-state index in [1.807, 2.05) is 12.1 Å². The fraction of sp³-hybridized carbons (Fsp3) is 0.500. The first-order chi connectivity index (χ1) is 12.7. The minimum Gasteiger partial charge on any atom is -0.497 e. The van der Waals surface area contributed by atoms with Gasteiger partial charge < -0.3 is 15.4 Å². The van der Waals surface area contributed by atoms with Crippen LogP contribution in [0.15, 0.2) is 29.3 Å². The molecule has 0 radical (unpaired) electrons. The molecular formula is C20H30N4OS. The zero-order valence-corrected chi connectivity index (χ0v) is 17.1. The van der Waals surface area contributed by atoms with Gasteiger partial charge in [0.15, 0.2) is 5.96 Å². The lowest BCUT2D eigenvalue weighted by molar-refractivity contribution is 0.414. The minimum atomic E-state index is 0.744. The van der Waals surface area contributed by atoms with Gasteiger partial charge in [0.2, 0.25) is 0 Å². The lowest BCUT2D eigenvalue weighted by atomic mass is 10.1. The highest BCUT2D eigenvalue weighted by molar-refractivity contribution is 7.11. The first-order valence-corrected chi connectivity index (χ1v) is 10.1. The number of guanidine groups is 1. The Hall–Kier alpha value is -2.08. The molecule has 0 fully saturated rings. The molecule has 0 aliphatic heterocycles. The van der Waals surface area contributed by atoms with Crippen LogP contribution in [0.3, 0.4) is 0 Å². The lowest BCUT2D eigenvalue weighted by Gasteiger charge is -2.11. The Kier molecular flexibility index (Phi) is 8.41. The molecule has 2 rings (SSSR count). The molecular weight excluding hydrogens is 344 g/mol. The summed E-state index contributed by atoms with van der Waals surface area (Å²) < 4.78 is 5.19. The van der Waals surface area contributed by atoms with Crippen LogP contribution in [0.4, 0.5) is 0 Å². The fourth-order valence-corrected chi connectivity index (χ4v) is 3.66. The first kappa shape index (κ1) is 20.2. The third-order valence-electron chi connectivity index (χ3n) is 4.08. The molecule has 1 aromatic heterocycles. The van der Waals surface area contributed by atoms with Crippen LogP contribution in [-0.2, 0) is 19.3 Å². The standard InChI is InChI=1S/C20H30N4OS/c1-5-18-15(3)26-19(24-18)12-14-23-20(21-6-2)22-13-11-16-7-9-17(25-4)10-8-16/h7-10H,5-6,11-14H2,1-4H3,(H2,21,22,23). The van der Waals surface area contributed by atoms with Crippen molar-refractivity contribution in [2.45, 2.75) is 40.0 Å². The van der Waals surface area contributed by atoms with Crippen LogP contribution in [0.5, 0.6) is 5.75 Å². The quantitative estimate of drug-likeness (QED) is 0.522. The summed E-state index contributed by atoms with van der Waals surface area (Å²) in [7, 11) is 1.69.